The van der Waals surface area contributed by atoms with Crippen molar-refractivity contribution >= 4 is 21.6 Å². The summed E-state index contributed by atoms with van der Waals surface area (Å²) in [6.07, 6.45) is 7.81. The van der Waals surface area contributed by atoms with E-state index in [4.69, 9.17) is 0 Å². The van der Waals surface area contributed by atoms with Crippen molar-refractivity contribution in [2.45, 2.75) is 18.8 Å². The molecule has 1 aliphatic heterocycles. The molecule has 1 aromatic carbocycles. The predicted octanol–water partition coefficient (Wildman–Crippen LogP) is 2.66. The Labute approximate surface area is 175 Å². The zero-order valence-electron chi connectivity index (χ0n) is 16.6. The number of hydrogen-bond donors (Lipinski definition) is 1. The summed E-state index contributed by atoms with van der Waals surface area (Å²) < 4.78 is 26.5. The van der Waals surface area contributed by atoms with Crippen LogP contribution in [0.1, 0.15) is 34.8 Å². The van der Waals surface area contributed by atoms with Crippen LogP contribution in [0.4, 0.5) is 5.69 Å². The number of pyridine rings is 1. The quantitative estimate of drug-likeness (QED) is 0.678. The number of nitrogens with one attached hydrogen (secondary N) is 1. The van der Waals surface area contributed by atoms with Crippen molar-refractivity contribution in [3.8, 4) is 5.69 Å². The zero-order chi connectivity index (χ0) is 21.1. The summed E-state index contributed by atoms with van der Waals surface area (Å²) in [6, 6.07) is 12.9. The van der Waals surface area contributed by atoms with E-state index in [1.165, 1.54) is 10.6 Å². The zero-order valence-corrected chi connectivity index (χ0v) is 17.4. The molecule has 1 saturated heterocycles. The fourth-order valence-electron chi connectivity index (χ4n) is 3.62. The molecule has 0 atom stereocenters. The lowest BCUT2D eigenvalue weighted by molar-refractivity contribution is 0.102. The van der Waals surface area contributed by atoms with E-state index in [2.05, 4.69) is 15.4 Å². The summed E-state index contributed by atoms with van der Waals surface area (Å²) in [5.74, 6) is -0.0376. The lowest BCUT2D eigenvalue weighted by atomic mass is 9.94. The number of benzene rings is 1. The van der Waals surface area contributed by atoms with Crippen LogP contribution in [-0.4, -0.2) is 52.7 Å². The number of carbonyl (C=O) groups excluding carboxylic acids is 1. The monoisotopic (exact) mass is 425 g/mol. The fraction of sp³-hybridized carbons (Fsp3) is 0.286. The maximum absolute atomic E-state index is 12.6. The van der Waals surface area contributed by atoms with Gasteiger partial charge in [-0.1, -0.05) is 6.07 Å². The second kappa shape index (κ2) is 8.37. The van der Waals surface area contributed by atoms with Crippen molar-refractivity contribution in [3.05, 3.63) is 72.3 Å². The third-order valence-electron chi connectivity index (χ3n) is 5.26. The van der Waals surface area contributed by atoms with Crippen LogP contribution in [0.15, 0.2) is 61.1 Å². The van der Waals surface area contributed by atoms with Gasteiger partial charge in [0.1, 0.15) is 0 Å². The van der Waals surface area contributed by atoms with Gasteiger partial charge >= 0.3 is 0 Å². The molecule has 0 unspecified atom stereocenters. The van der Waals surface area contributed by atoms with E-state index in [1.54, 1.807) is 23.1 Å². The molecule has 1 N–H and O–H groups in total. The average Bonchev–Trinajstić information content (AvgIpc) is 3.29. The lowest BCUT2D eigenvalue weighted by Gasteiger charge is -2.29. The number of hydrogen-bond acceptors (Lipinski definition) is 5. The summed E-state index contributed by atoms with van der Waals surface area (Å²) in [6.45, 7) is 1.00. The summed E-state index contributed by atoms with van der Waals surface area (Å²) in [7, 11) is -3.14. The third-order valence-corrected chi connectivity index (χ3v) is 6.57. The minimum absolute atomic E-state index is 0.200. The number of piperidine rings is 1. The summed E-state index contributed by atoms with van der Waals surface area (Å²) in [5, 5.41) is 7.08. The van der Waals surface area contributed by atoms with E-state index in [0.717, 1.165) is 24.2 Å². The summed E-state index contributed by atoms with van der Waals surface area (Å²) >= 11 is 0. The van der Waals surface area contributed by atoms with Crippen molar-refractivity contribution < 1.29 is 13.2 Å². The third kappa shape index (κ3) is 4.58. The van der Waals surface area contributed by atoms with Gasteiger partial charge in [0, 0.05) is 49.0 Å². The van der Waals surface area contributed by atoms with Crippen LogP contribution in [-0.2, 0) is 10.0 Å². The summed E-state index contributed by atoms with van der Waals surface area (Å²) in [5.41, 5.74) is 2.88. The molecule has 0 radical (unpaired) electrons. The Balaban J connectivity index is 1.40. The van der Waals surface area contributed by atoms with Gasteiger partial charge in [-0.2, -0.15) is 5.10 Å². The first kappa shape index (κ1) is 20.2. The predicted molar refractivity (Wildman–Crippen MR) is 114 cm³/mol. The fourth-order valence-corrected chi connectivity index (χ4v) is 4.49. The molecule has 4 rings (SSSR count). The van der Waals surface area contributed by atoms with Crippen molar-refractivity contribution in [3.63, 3.8) is 0 Å². The molecular weight excluding hydrogens is 402 g/mol. The van der Waals surface area contributed by atoms with Crippen LogP contribution in [0, 0.1) is 0 Å². The van der Waals surface area contributed by atoms with Crippen LogP contribution >= 0.6 is 0 Å². The highest BCUT2D eigenvalue weighted by molar-refractivity contribution is 7.88. The van der Waals surface area contributed by atoms with Gasteiger partial charge in [-0.3, -0.25) is 9.78 Å². The molecule has 3 heterocycles. The van der Waals surface area contributed by atoms with Crippen LogP contribution in [0.5, 0.6) is 0 Å². The normalized spacial score (nSPS) is 15.8. The molecule has 9 heteroatoms. The maximum Gasteiger partial charge on any atom is 0.257 e. The number of nitrogens with zero attached hydrogens (tertiary/aromatic N) is 4. The van der Waals surface area contributed by atoms with Gasteiger partial charge in [-0.25, -0.2) is 17.4 Å². The van der Waals surface area contributed by atoms with Crippen LogP contribution in [0.2, 0.25) is 0 Å². The second-order valence-corrected chi connectivity index (χ2v) is 9.35. The van der Waals surface area contributed by atoms with Gasteiger partial charge in [0.05, 0.1) is 17.5 Å². The van der Waals surface area contributed by atoms with Gasteiger partial charge in [0.2, 0.25) is 10.0 Å². The van der Waals surface area contributed by atoms with Crippen molar-refractivity contribution in [2.24, 2.45) is 0 Å². The van der Waals surface area contributed by atoms with Gasteiger partial charge < -0.3 is 5.32 Å². The molecule has 0 spiro atoms. The molecule has 0 bridgehead atoms. The number of anilines is 1. The Kier molecular flexibility index (Phi) is 5.65. The average molecular weight is 426 g/mol. The standard InChI is InChI=1S/C21H23N5O3S/c1-30(28,29)25-12-8-16(9-13-25)20-7-6-17(15-22-20)21(27)24-18-4-2-5-19(14-18)26-11-3-10-23-26/h2-7,10-11,14-16H,8-9,12-13H2,1H3,(H,24,27). The molecule has 8 nitrogen and oxygen atoms in total. The van der Waals surface area contributed by atoms with Gasteiger partial charge in [0.25, 0.3) is 5.91 Å². The minimum atomic E-state index is -3.14. The first-order valence-electron chi connectivity index (χ1n) is 9.73. The first-order chi connectivity index (χ1) is 14.4. The lowest BCUT2D eigenvalue weighted by Crippen LogP contribution is -2.37. The maximum atomic E-state index is 12.6. The molecule has 30 heavy (non-hydrogen) atoms. The SMILES string of the molecule is CS(=O)(=O)N1CCC(c2ccc(C(=O)Nc3cccc(-n4cccn4)c3)cn2)CC1. The van der Waals surface area contributed by atoms with Crippen molar-refractivity contribution in [1.29, 1.82) is 0 Å². The Bertz CT molecular complexity index is 1120. The molecular formula is C21H23N5O3S. The summed E-state index contributed by atoms with van der Waals surface area (Å²) in [4.78, 5) is 17.1. The highest BCUT2D eigenvalue weighted by Crippen LogP contribution is 2.27. The molecule has 0 saturated carbocycles. The Hall–Kier alpha value is -3.04. The highest BCUT2D eigenvalue weighted by atomic mass is 32.2. The number of rotatable bonds is 5. The number of aromatic nitrogens is 3. The molecule has 156 valence electrons. The van der Waals surface area contributed by atoms with Gasteiger partial charge in [0.15, 0.2) is 0 Å². The van der Waals surface area contributed by atoms with E-state index in [9.17, 15) is 13.2 Å². The molecule has 0 aliphatic carbocycles. The topological polar surface area (TPSA) is 97.2 Å². The smallest absolute Gasteiger partial charge is 0.257 e. The van der Waals surface area contributed by atoms with Crippen LogP contribution in [0.25, 0.3) is 5.69 Å². The first-order valence-corrected chi connectivity index (χ1v) is 11.6. The minimum Gasteiger partial charge on any atom is -0.322 e. The second-order valence-electron chi connectivity index (χ2n) is 7.36. The number of sulfonamides is 1. The van der Waals surface area contributed by atoms with Crippen LogP contribution < -0.4 is 5.32 Å². The van der Waals surface area contributed by atoms with E-state index < -0.39 is 10.0 Å². The Morgan fingerprint density at radius 2 is 1.93 bits per heavy atom. The molecule has 2 aromatic heterocycles. The molecule has 1 aliphatic rings. The number of carbonyl (C=O) groups is 1. The largest absolute Gasteiger partial charge is 0.322 e. The van der Waals surface area contributed by atoms with Gasteiger partial charge in [-0.15, -0.1) is 0 Å². The highest BCUT2D eigenvalue weighted by Gasteiger charge is 2.26. The van der Waals surface area contributed by atoms with Crippen molar-refractivity contribution in [1.82, 2.24) is 19.1 Å². The number of amides is 1. The Morgan fingerprint density at radius 1 is 1.13 bits per heavy atom. The molecule has 1 amide bonds. The van der Waals surface area contributed by atoms with Gasteiger partial charge in [-0.05, 0) is 49.2 Å². The van der Waals surface area contributed by atoms with E-state index in [0.29, 0.717) is 24.3 Å². The Morgan fingerprint density at radius 3 is 2.57 bits per heavy atom. The molecule has 1 fully saturated rings. The van der Waals surface area contributed by atoms with E-state index in [-0.39, 0.29) is 11.8 Å². The molecule has 3 aromatic rings. The van der Waals surface area contributed by atoms with E-state index >= 15 is 0 Å². The van der Waals surface area contributed by atoms with Crippen molar-refractivity contribution in [2.75, 3.05) is 24.7 Å². The van der Waals surface area contributed by atoms with Crippen LogP contribution in [0.3, 0.4) is 0 Å². The van der Waals surface area contributed by atoms with E-state index in [1.807, 2.05) is 42.6 Å².